The van der Waals surface area contributed by atoms with E-state index in [1.165, 1.54) is 11.1 Å². The van der Waals surface area contributed by atoms with Crippen LogP contribution in [0.3, 0.4) is 0 Å². The molecule has 0 saturated carbocycles. The number of hydrogen-bond donors (Lipinski definition) is 2. The molecule has 0 radical (unpaired) electrons. The zero-order valence-corrected chi connectivity index (χ0v) is 15.0. The third-order valence-corrected chi connectivity index (χ3v) is 4.13. The van der Waals surface area contributed by atoms with Gasteiger partial charge in [-0.05, 0) is 48.2 Å². The van der Waals surface area contributed by atoms with Crippen molar-refractivity contribution in [2.24, 2.45) is 0 Å². The van der Waals surface area contributed by atoms with Gasteiger partial charge in [-0.25, -0.2) is 10.5 Å². The molecule has 0 saturated heterocycles. The highest BCUT2D eigenvalue weighted by Crippen LogP contribution is 2.20. The highest BCUT2D eigenvalue weighted by Gasteiger charge is 1.96. The van der Waals surface area contributed by atoms with Gasteiger partial charge in [0.05, 0.1) is 24.1 Å². The van der Waals surface area contributed by atoms with Crippen molar-refractivity contribution in [1.82, 2.24) is 0 Å². The van der Waals surface area contributed by atoms with Crippen LogP contribution >= 0.6 is 24.1 Å². The molecule has 0 atom stereocenters. The number of hydrogen-bond acceptors (Lipinski definition) is 8. The lowest BCUT2D eigenvalue weighted by atomic mass is 10.2. The van der Waals surface area contributed by atoms with Crippen LogP contribution in [0.2, 0.25) is 0 Å². The zero-order chi connectivity index (χ0) is 17.6. The van der Waals surface area contributed by atoms with Crippen molar-refractivity contribution in [3.05, 3.63) is 59.7 Å². The maximum atomic E-state index is 7.91. The molecule has 8 heteroatoms. The van der Waals surface area contributed by atoms with Crippen molar-refractivity contribution in [1.29, 1.82) is 0 Å². The van der Waals surface area contributed by atoms with Gasteiger partial charge in [0, 0.05) is 9.79 Å². The van der Waals surface area contributed by atoms with Gasteiger partial charge in [-0.1, -0.05) is 48.2 Å². The van der Waals surface area contributed by atoms with Crippen LogP contribution in [0, 0.1) is 0 Å². The molecule has 0 aliphatic rings. The summed E-state index contributed by atoms with van der Waals surface area (Å²) in [6.07, 6.45) is 2.00. The number of benzene rings is 2. The van der Waals surface area contributed by atoms with E-state index < -0.39 is 0 Å². The molecule has 0 heterocycles. The van der Waals surface area contributed by atoms with E-state index >= 15 is 0 Å². The van der Waals surface area contributed by atoms with Gasteiger partial charge in [0.1, 0.15) is 0 Å². The van der Waals surface area contributed by atoms with Gasteiger partial charge in [0.15, 0.2) is 0 Å². The second-order valence-corrected chi connectivity index (χ2v) is 6.00. The largest absolute Gasteiger partial charge is 0.220 e. The molecule has 132 valence electrons. The SMILES string of the molecule is CCc1ccc(SOOO)cc1.CCc1cccc(SOOO)c1. The molecule has 2 aromatic carbocycles. The Kier molecular flexibility index (Phi) is 11.5. The van der Waals surface area contributed by atoms with Gasteiger partial charge in [-0.3, -0.25) is 0 Å². The monoisotopic (exact) mass is 372 g/mol. The second kappa shape index (κ2) is 13.2. The minimum atomic E-state index is 0.890. The molecule has 24 heavy (non-hydrogen) atoms. The molecule has 0 fully saturated rings. The van der Waals surface area contributed by atoms with Gasteiger partial charge in [-0.15, -0.1) is 8.67 Å². The molecule has 0 aliphatic heterocycles. The molecular weight excluding hydrogens is 352 g/mol. The molecule has 2 aromatic rings. The Labute approximate surface area is 149 Å². The molecular formula is C16H20O6S2. The summed E-state index contributed by atoms with van der Waals surface area (Å²) in [7, 11) is 0. The zero-order valence-electron chi connectivity index (χ0n) is 13.4. The van der Waals surface area contributed by atoms with Gasteiger partial charge in [0.25, 0.3) is 0 Å². The van der Waals surface area contributed by atoms with E-state index in [-0.39, 0.29) is 0 Å². The molecule has 0 unspecified atom stereocenters. The molecule has 0 amide bonds. The minimum absolute atomic E-state index is 0.890. The molecule has 2 rings (SSSR count). The first-order valence-electron chi connectivity index (χ1n) is 7.20. The van der Waals surface area contributed by atoms with Crippen molar-refractivity contribution in [2.75, 3.05) is 0 Å². The average molecular weight is 372 g/mol. The van der Waals surface area contributed by atoms with Gasteiger partial charge in [-0.2, -0.15) is 0 Å². The summed E-state index contributed by atoms with van der Waals surface area (Å²) in [5.74, 6) is 0. The Balaban J connectivity index is 0.000000240. The summed E-state index contributed by atoms with van der Waals surface area (Å²) in [6.45, 7) is 4.17. The number of rotatable bonds is 8. The Bertz CT molecular complexity index is 565. The Hall–Kier alpha value is -1.10. The van der Waals surface area contributed by atoms with Crippen LogP contribution in [-0.2, 0) is 31.6 Å². The normalized spacial score (nSPS) is 10.2. The maximum Gasteiger partial charge on any atom is 0.0714 e. The Morgan fingerprint density at radius 1 is 0.750 bits per heavy atom. The molecule has 6 nitrogen and oxygen atoms in total. The third-order valence-electron chi connectivity index (χ3n) is 2.96. The van der Waals surface area contributed by atoms with Crippen molar-refractivity contribution < 1.29 is 29.3 Å². The van der Waals surface area contributed by atoms with Crippen LogP contribution in [0.1, 0.15) is 25.0 Å². The first-order valence-corrected chi connectivity index (χ1v) is 8.69. The fourth-order valence-corrected chi connectivity index (χ4v) is 2.51. The predicted octanol–water partition coefficient (Wildman–Crippen LogP) is 5.35. The second-order valence-electron chi connectivity index (χ2n) is 4.45. The van der Waals surface area contributed by atoms with E-state index in [0.717, 1.165) is 46.7 Å². The lowest BCUT2D eigenvalue weighted by molar-refractivity contribution is -0.432. The van der Waals surface area contributed by atoms with Crippen LogP contribution in [0.25, 0.3) is 0 Å². The summed E-state index contributed by atoms with van der Waals surface area (Å²) in [5, 5.41) is 22.7. The van der Waals surface area contributed by atoms with Crippen LogP contribution in [0.15, 0.2) is 58.3 Å². The Morgan fingerprint density at radius 3 is 1.88 bits per heavy atom. The van der Waals surface area contributed by atoms with E-state index in [2.05, 4.69) is 32.6 Å². The standard InChI is InChI=1S/2C8H10O3S/c1-2-7-3-5-8(6-4-7)12-11-10-9;1-2-7-4-3-5-8(6-7)12-11-10-9/h2*3-6,9H,2H2,1H3. The highest BCUT2D eigenvalue weighted by molar-refractivity contribution is 7.94. The summed E-state index contributed by atoms with van der Waals surface area (Å²) >= 11 is 1.95. The number of aryl methyl sites for hydroxylation is 2. The first kappa shape index (κ1) is 20.9. The highest BCUT2D eigenvalue weighted by atomic mass is 32.2. The molecule has 0 spiro atoms. The minimum Gasteiger partial charge on any atom is -0.220 e. The van der Waals surface area contributed by atoms with E-state index in [0.29, 0.717) is 0 Å². The smallest absolute Gasteiger partial charge is 0.0714 e. The lowest BCUT2D eigenvalue weighted by Gasteiger charge is -1.99. The lowest BCUT2D eigenvalue weighted by Crippen LogP contribution is -1.82. The summed E-state index contributed by atoms with van der Waals surface area (Å²) in [5.41, 5.74) is 2.49. The summed E-state index contributed by atoms with van der Waals surface area (Å²) in [6, 6.07) is 15.6. The molecule has 0 bridgehead atoms. The quantitative estimate of drug-likeness (QED) is 0.364. The van der Waals surface area contributed by atoms with Crippen molar-refractivity contribution in [3.63, 3.8) is 0 Å². The predicted molar refractivity (Wildman–Crippen MR) is 93.0 cm³/mol. The molecule has 0 aromatic heterocycles. The Morgan fingerprint density at radius 2 is 1.33 bits per heavy atom. The average Bonchev–Trinajstić information content (AvgIpc) is 2.65. The summed E-state index contributed by atoms with van der Waals surface area (Å²) in [4.78, 5) is 1.80. The fraction of sp³-hybridized carbons (Fsp3) is 0.250. The molecule has 2 N–H and O–H groups in total. The van der Waals surface area contributed by atoms with Crippen LogP contribution in [-0.4, -0.2) is 10.5 Å². The summed E-state index contributed by atoms with van der Waals surface area (Å²) < 4.78 is 8.56. The van der Waals surface area contributed by atoms with Crippen molar-refractivity contribution >= 4 is 24.1 Å². The topological polar surface area (TPSA) is 77.4 Å². The van der Waals surface area contributed by atoms with Crippen molar-refractivity contribution in [3.8, 4) is 0 Å². The van der Waals surface area contributed by atoms with E-state index in [1.54, 1.807) is 0 Å². The van der Waals surface area contributed by atoms with Crippen molar-refractivity contribution in [2.45, 2.75) is 36.5 Å². The van der Waals surface area contributed by atoms with E-state index in [9.17, 15) is 0 Å². The van der Waals surface area contributed by atoms with Crippen LogP contribution in [0.5, 0.6) is 0 Å². The van der Waals surface area contributed by atoms with Gasteiger partial charge >= 0.3 is 0 Å². The van der Waals surface area contributed by atoms with Gasteiger partial charge < -0.3 is 0 Å². The van der Waals surface area contributed by atoms with E-state index in [4.69, 9.17) is 10.5 Å². The van der Waals surface area contributed by atoms with E-state index in [1.807, 2.05) is 48.5 Å². The van der Waals surface area contributed by atoms with Crippen LogP contribution < -0.4 is 0 Å². The first-order chi connectivity index (χ1) is 11.7. The van der Waals surface area contributed by atoms with Crippen LogP contribution in [0.4, 0.5) is 0 Å². The third kappa shape index (κ3) is 8.67. The van der Waals surface area contributed by atoms with Gasteiger partial charge in [0.2, 0.25) is 0 Å². The maximum absolute atomic E-state index is 7.91. The fourth-order valence-electron chi connectivity index (χ4n) is 1.71. The molecule has 0 aliphatic carbocycles.